The Labute approximate surface area is 96.2 Å². The zero-order valence-electron chi connectivity index (χ0n) is 9.65. The second kappa shape index (κ2) is 6.12. The van der Waals surface area contributed by atoms with Crippen LogP contribution >= 0.6 is 0 Å². The van der Waals surface area contributed by atoms with Crippen LogP contribution in [0.5, 0.6) is 0 Å². The molecule has 0 atom stereocenters. The highest BCUT2D eigenvalue weighted by atomic mass is 16.1. The van der Waals surface area contributed by atoms with Gasteiger partial charge in [-0.05, 0) is 24.6 Å². The number of likely N-dealkylation sites (N-methyl/N-ethyl adjacent to an activating group) is 1. The molecular formula is C12H19N3O. The Bertz CT molecular complexity index is 352. The van der Waals surface area contributed by atoms with Crippen LogP contribution in [0.1, 0.15) is 12.5 Å². The lowest BCUT2D eigenvalue weighted by Crippen LogP contribution is -2.35. The van der Waals surface area contributed by atoms with Gasteiger partial charge in [-0.3, -0.25) is 9.69 Å². The summed E-state index contributed by atoms with van der Waals surface area (Å²) in [6.07, 6.45) is 0.841. The molecule has 0 saturated heterocycles. The van der Waals surface area contributed by atoms with Crippen LogP contribution in [0.3, 0.4) is 0 Å². The predicted octanol–water partition coefficient (Wildman–Crippen LogP) is 0.619. The molecule has 0 saturated carbocycles. The highest BCUT2D eigenvalue weighted by Crippen LogP contribution is 2.11. The van der Waals surface area contributed by atoms with Crippen LogP contribution in [0.15, 0.2) is 24.3 Å². The molecule has 1 aromatic rings. The maximum absolute atomic E-state index is 10.8. The number of amides is 1. The molecule has 0 radical (unpaired) electrons. The minimum absolute atomic E-state index is 0.289. The van der Waals surface area contributed by atoms with Crippen molar-refractivity contribution in [3.8, 4) is 0 Å². The smallest absolute Gasteiger partial charge is 0.231 e. The van der Waals surface area contributed by atoms with Gasteiger partial charge in [-0.1, -0.05) is 25.1 Å². The number of rotatable bonds is 6. The molecule has 0 aliphatic rings. The quantitative estimate of drug-likeness (QED) is 0.692. The average molecular weight is 221 g/mol. The lowest BCUT2D eigenvalue weighted by molar-refractivity contribution is -0.119. The summed E-state index contributed by atoms with van der Waals surface area (Å²) in [5.41, 5.74) is 12.9. The Morgan fingerprint density at radius 2 is 2.06 bits per heavy atom. The van der Waals surface area contributed by atoms with Crippen LogP contribution < -0.4 is 11.5 Å². The van der Waals surface area contributed by atoms with Gasteiger partial charge in [0.15, 0.2) is 0 Å². The van der Waals surface area contributed by atoms with Gasteiger partial charge in [0.05, 0.1) is 6.54 Å². The van der Waals surface area contributed by atoms with E-state index in [9.17, 15) is 4.79 Å². The van der Waals surface area contributed by atoms with Crippen molar-refractivity contribution in [3.05, 3.63) is 29.8 Å². The molecule has 0 unspecified atom stereocenters. The van der Waals surface area contributed by atoms with Crippen LogP contribution in [0.2, 0.25) is 0 Å². The third-order valence-corrected chi connectivity index (χ3v) is 2.58. The van der Waals surface area contributed by atoms with E-state index < -0.39 is 0 Å². The number of hydrogen-bond acceptors (Lipinski definition) is 3. The van der Waals surface area contributed by atoms with Crippen molar-refractivity contribution in [2.24, 2.45) is 5.73 Å². The number of anilines is 1. The summed E-state index contributed by atoms with van der Waals surface area (Å²) in [6.45, 7) is 3.93. The minimum Gasteiger partial charge on any atom is -0.399 e. The second-order valence-corrected chi connectivity index (χ2v) is 3.78. The molecule has 16 heavy (non-hydrogen) atoms. The first kappa shape index (κ1) is 12.5. The Balaban J connectivity index is 2.49. The van der Waals surface area contributed by atoms with Gasteiger partial charge in [-0.15, -0.1) is 0 Å². The molecule has 0 fully saturated rings. The zero-order valence-corrected chi connectivity index (χ0v) is 9.65. The van der Waals surface area contributed by atoms with Crippen LogP contribution in [-0.4, -0.2) is 30.4 Å². The van der Waals surface area contributed by atoms with Crippen molar-refractivity contribution in [2.45, 2.75) is 13.3 Å². The highest BCUT2D eigenvalue weighted by molar-refractivity contribution is 5.75. The van der Waals surface area contributed by atoms with E-state index in [1.807, 2.05) is 36.1 Å². The fourth-order valence-electron chi connectivity index (χ4n) is 1.61. The summed E-state index contributed by atoms with van der Waals surface area (Å²) in [5, 5.41) is 0. The molecule has 1 rings (SSSR count). The number of nitrogens with zero attached hydrogens (tertiary/aromatic N) is 1. The summed E-state index contributed by atoms with van der Waals surface area (Å²) in [5.74, 6) is -0.289. The highest BCUT2D eigenvalue weighted by Gasteiger charge is 2.06. The molecule has 0 spiro atoms. The Morgan fingerprint density at radius 3 is 2.62 bits per heavy atom. The second-order valence-electron chi connectivity index (χ2n) is 3.78. The Hall–Kier alpha value is -1.55. The van der Waals surface area contributed by atoms with Gasteiger partial charge in [0.25, 0.3) is 0 Å². The third kappa shape index (κ3) is 3.90. The molecular weight excluding hydrogens is 202 g/mol. The molecule has 0 bridgehead atoms. The molecule has 88 valence electrons. The van der Waals surface area contributed by atoms with E-state index in [-0.39, 0.29) is 5.91 Å². The Morgan fingerprint density at radius 1 is 1.38 bits per heavy atom. The van der Waals surface area contributed by atoms with Gasteiger partial charge in [-0.25, -0.2) is 0 Å². The Kier molecular flexibility index (Phi) is 4.79. The number of nitrogen functional groups attached to an aromatic ring is 1. The number of primary amides is 1. The normalized spacial score (nSPS) is 10.6. The maximum atomic E-state index is 10.8. The average Bonchev–Trinajstić information content (AvgIpc) is 2.25. The molecule has 0 heterocycles. The van der Waals surface area contributed by atoms with Crippen molar-refractivity contribution in [1.82, 2.24) is 4.90 Å². The molecule has 4 heteroatoms. The van der Waals surface area contributed by atoms with E-state index in [4.69, 9.17) is 11.5 Å². The van der Waals surface area contributed by atoms with Crippen LogP contribution in [0.4, 0.5) is 5.69 Å². The van der Waals surface area contributed by atoms with Gasteiger partial charge in [0.1, 0.15) is 0 Å². The fraction of sp³-hybridized carbons (Fsp3) is 0.417. The maximum Gasteiger partial charge on any atom is 0.231 e. The standard InChI is InChI=1S/C12H19N3O/c1-2-15(9-12(14)16)8-7-10-5-3-4-6-11(10)13/h3-6H,2,7-9,13H2,1H3,(H2,14,16). The first-order valence-electron chi connectivity index (χ1n) is 5.47. The third-order valence-electron chi connectivity index (χ3n) is 2.58. The number of carbonyl (C=O) groups is 1. The number of para-hydroxylation sites is 1. The van der Waals surface area contributed by atoms with Gasteiger partial charge in [0.2, 0.25) is 5.91 Å². The van der Waals surface area contributed by atoms with Crippen LogP contribution in [0, 0.1) is 0 Å². The first-order valence-corrected chi connectivity index (χ1v) is 5.47. The molecule has 0 aromatic heterocycles. The summed E-state index contributed by atoms with van der Waals surface area (Å²) in [7, 11) is 0. The largest absolute Gasteiger partial charge is 0.399 e. The number of carbonyl (C=O) groups excluding carboxylic acids is 1. The lowest BCUT2D eigenvalue weighted by Gasteiger charge is -2.18. The van der Waals surface area contributed by atoms with Gasteiger partial charge < -0.3 is 11.5 Å². The van der Waals surface area contributed by atoms with E-state index in [2.05, 4.69) is 0 Å². The monoisotopic (exact) mass is 221 g/mol. The SMILES string of the molecule is CCN(CCc1ccccc1N)CC(N)=O. The number of benzene rings is 1. The minimum atomic E-state index is -0.289. The summed E-state index contributed by atoms with van der Waals surface area (Å²) < 4.78 is 0. The molecule has 1 aromatic carbocycles. The predicted molar refractivity (Wildman–Crippen MR) is 65.9 cm³/mol. The van der Waals surface area contributed by atoms with Crippen molar-refractivity contribution in [2.75, 3.05) is 25.4 Å². The van der Waals surface area contributed by atoms with E-state index in [1.54, 1.807) is 0 Å². The molecule has 0 aliphatic heterocycles. The molecule has 4 nitrogen and oxygen atoms in total. The van der Waals surface area contributed by atoms with E-state index in [0.29, 0.717) is 6.54 Å². The molecule has 4 N–H and O–H groups in total. The van der Waals surface area contributed by atoms with E-state index in [0.717, 1.165) is 30.8 Å². The van der Waals surface area contributed by atoms with Crippen molar-refractivity contribution in [3.63, 3.8) is 0 Å². The van der Waals surface area contributed by atoms with Crippen molar-refractivity contribution < 1.29 is 4.79 Å². The number of nitrogens with two attached hydrogens (primary N) is 2. The van der Waals surface area contributed by atoms with E-state index in [1.165, 1.54) is 0 Å². The lowest BCUT2D eigenvalue weighted by atomic mass is 10.1. The zero-order chi connectivity index (χ0) is 12.0. The topological polar surface area (TPSA) is 72.3 Å². The van der Waals surface area contributed by atoms with Crippen LogP contribution in [0.25, 0.3) is 0 Å². The summed E-state index contributed by atoms with van der Waals surface area (Å²) in [4.78, 5) is 12.8. The fourth-order valence-corrected chi connectivity index (χ4v) is 1.61. The molecule has 0 aliphatic carbocycles. The summed E-state index contributed by atoms with van der Waals surface area (Å²) in [6, 6.07) is 7.78. The molecule has 1 amide bonds. The number of hydrogen-bond donors (Lipinski definition) is 2. The van der Waals surface area contributed by atoms with Gasteiger partial charge in [-0.2, -0.15) is 0 Å². The van der Waals surface area contributed by atoms with Crippen LogP contribution in [-0.2, 0) is 11.2 Å². The van der Waals surface area contributed by atoms with Gasteiger partial charge >= 0.3 is 0 Å². The van der Waals surface area contributed by atoms with Crippen molar-refractivity contribution in [1.29, 1.82) is 0 Å². The van der Waals surface area contributed by atoms with E-state index >= 15 is 0 Å². The first-order chi connectivity index (χ1) is 7.63. The summed E-state index contributed by atoms with van der Waals surface area (Å²) >= 11 is 0. The van der Waals surface area contributed by atoms with Crippen molar-refractivity contribution >= 4 is 11.6 Å². The van der Waals surface area contributed by atoms with Gasteiger partial charge in [0, 0.05) is 12.2 Å².